The number of benzene rings is 1. The minimum absolute atomic E-state index is 0.279. The number of hydrogen-bond acceptors (Lipinski definition) is 3. The Morgan fingerprint density at radius 3 is 3.06 bits per heavy atom. The van der Waals surface area contributed by atoms with E-state index in [1.165, 1.54) is 12.8 Å². The molecule has 0 aliphatic carbocycles. The van der Waals surface area contributed by atoms with Crippen LogP contribution in [-0.4, -0.2) is 11.5 Å². The lowest BCUT2D eigenvalue weighted by Crippen LogP contribution is -2.32. The Kier molecular flexibility index (Phi) is 2.40. The van der Waals surface area contributed by atoms with E-state index in [0.717, 1.165) is 23.5 Å². The summed E-state index contributed by atoms with van der Waals surface area (Å²) < 4.78 is 5.80. The van der Waals surface area contributed by atoms with Crippen LogP contribution in [0.2, 0.25) is 0 Å². The predicted molar refractivity (Wildman–Crippen MR) is 63.2 cm³/mol. The molecule has 0 amide bonds. The Bertz CT molecular complexity index is 458. The first-order valence-corrected chi connectivity index (χ1v) is 5.93. The van der Waals surface area contributed by atoms with Crippen LogP contribution in [0.3, 0.4) is 0 Å². The van der Waals surface area contributed by atoms with Crippen LogP contribution in [0.1, 0.15) is 31.7 Å². The monoisotopic (exact) mass is 216 g/mol. The maximum absolute atomic E-state index is 5.80. The quantitative estimate of drug-likeness (QED) is 0.796. The van der Waals surface area contributed by atoms with Gasteiger partial charge < -0.3 is 9.73 Å². The molecule has 2 aromatic rings. The highest BCUT2D eigenvalue weighted by atomic mass is 16.3. The van der Waals surface area contributed by atoms with Crippen molar-refractivity contribution >= 4 is 11.1 Å². The summed E-state index contributed by atoms with van der Waals surface area (Å²) in [5.41, 5.74) is 1.84. The molecule has 1 fully saturated rings. The number of rotatable bonds is 1. The number of nitrogens with zero attached hydrogens (tertiary/aromatic N) is 1. The minimum atomic E-state index is 0.279. The summed E-state index contributed by atoms with van der Waals surface area (Å²) in [6.45, 7) is 3.32. The lowest BCUT2D eigenvalue weighted by Gasteiger charge is -2.27. The molecular formula is C13H16N2O. The summed E-state index contributed by atoms with van der Waals surface area (Å²) in [5, 5.41) is 3.49. The number of oxazole rings is 1. The molecule has 2 atom stereocenters. The van der Waals surface area contributed by atoms with Gasteiger partial charge in [0.05, 0.1) is 6.04 Å². The second-order valence-electron chi connectivity index (χ2n) is 4.57. The molecule has 1 aliphatic rings. The van der Waals surface area contributed by atoms with E-state index in [0.29, 0.717) is 5.92 Å². The average Bonchev–Trinajstić information content (AvgIpc) is 2.73. The van der Waals surface area contributed by atoms with Crippen LogP contribution in [0.5, 0.6) is 0 Å². The topological polar surface area (TPSA) is 38.1 Å². The van der Waals surface area contributed by atoms with Gasteiger partial charge in [0.25, 0.3) is 0 Å². The van der Waals surface area contributed by atoms with Gasteiger partial charge in [-0.1, -0.05) is 19.1 Å². The molecule has 2 heterocycles. The molecule has 0 radical (unpaired) electrons. The van der Waals surface area contributed by atoms with Gasteiger partial charge in [-0.25, -0.2) is 4.98 Å². The fourth-order valence-electron chi connectivity index (χ4n) is 2.40. The first kappa shape index (κ1) is 9.85. The van der Waals surface area contributed by atoms with E-state index in [2.05, 4.69) is 17.2 Å². The molecule has 16 heavy (non-hydrogen) atoms. The van der Waals surface area contributed by atoms with E-state index < -0.39 is 0 Å². The van der Waals surface area contributed by atoms with Crippen molar-refractivity contribution in [3.63, 3.8) is 0 Å². The first-order chi connectivity index (χ1) is 7.84. The van der Waals surface area contributed by atoms with Crippen molar-refractivity contribution in [1.82, 2.24) is 10.3 Å². The van der Waals surface area contributed by atoms with Crippen molar-refractivity contribution in [2.75, 3.05) is 6.54 Å². The van der Waals surface area contributed by atoms with Crippen molar-refractivity contribution < 1.29 is 4.42 Å². The summed E-state index contributed by atoms with van der Waals surface area (Å²) in [7, 11) is 0. The van der Waals surface area contributed by atoms with E-state index >= 15 is 0 Å². The summed E-state index contributed by atoms with van der Waals surface area (Å²) in [4.78, 5) is 4.56. The molecule has 1 aromatic heterocycles. The normalized spacial score (nSPS) is 26.1. The molecule has 84 valence electrons. The van der Waals surface area contributed by atoms with Crippen molar-refractivity contribution in [1.29, 1.82) is 0 Å². The van der Waals surface area contributed by atoms with Gasteiger partial charge >= 0.3 is 0 Å². The molecule has 1 aromatic carbocycles. The molecule has 1 aliphatic heterocycles. The van der Waals surface area contributed by atoms with Crippen LogP contribution in [0.15, 0.2) is 28.7 Å². The Morgan fingerprint density at radius 2 is 2.25 bits per heavy atom. The molecule has 2 unspecified atom stereocenters. The zero-order valence-corrected chi connectivity index (χ0v) is 9.44. The van der Waals surface area contributed by atoms with Gasteiger partial charge in [0, 0.05) is 0 Å². The molecule has 0 spiro atoms. The lowest BCUT2D eigenvalue weighted by atomic mass is 9.93. The van der Waals surface area contributed by atoms with Crippen LogP contribution in [0, 0.1) is 5.92 Å². The van der Waals surface area contributed by atoms with Crippen LogP contribution in [0.4, 0.5) is 0 Å². The van der Waals surface area contributed by atoms with Gasteiger partial charge in [-0.2, -0.15) is 0 Å². The number of aromatic nitrogens is 1. The van der Waals surface area contributed by atoms with Crippen LogP contribution in [-0.2, 0) is 0 Å². The number of fused-ring (bicyclic) bond motifs is 1. The van der Waals surface area contributed by atoms with Gasteiger partial charge in [0.2, 0.25) is 5.89 Å². The third kappa shape index (κ3) is 1.61. The Hall–Kier alpha value is -1.35. The van der Waals surface area contributed by atoms with Crippen LogP contribution < -0.4 is 5.32 Å². The number of piperidine rings is 1. The average molecular weight is 216 g/mol. The summed E-state index contributed by atoms with van der Waals surface area (Å²) in [6, 6.07) is 8.22. The molecule has 0 bridgehead atoms. The molecular weight excluding hydrogens is 200 g/mol. The van der Waals surface area contributed by atoms with Crippen molar-refractivity contribution in [2.45, 2.75) is 25.8 Å². The fraction of sp³-hybridized carbons (Fsp3) is 0.462. The standard InChI is InChI=1S/C13H16N2O/c1-9-5-4-8-14-12(9)13-15-10-6-2-3-7-11(10)16-13/h2-3,6-7,9,12,14H,4-5,8H2,1H3. The Balaban J connectivity index is 1.98. The van der Waals surface area contributed by atoms with E-state index in [4.69, 9.17) is 4.42 Å². The van der Waals surface area contributed by atoms with Crippen molar-refractivity contribution in [3.8, 4) is 0 Å². The molecule has 1 saturated heterocycles. The molecule has 3 heteroatoms. The maximum Gasteiger partial charge on any atom is 0.212 e. The maximum atomic E-state index is 5.80. The van der Waals surface area contributed by atoms with Gasteiger partial charge in [0.1, 0.15) is 5.52 Å². The molecule has 3 nitrogen and oxygen atoms in total. The molecule has 3 rings (SSSR count). The largest absolute Gasteiger partial charge is 0.439 e. The zero-order chi connectivity index (χ0) is 11.0. The van der Waals surface area contributed by atoms with E-state index in [9.17, 15) is 0 Å². The lowest BCUT2D eigenvalue weighted by molar-refractivity contribution is 0.264. The highest BCUT2D eigenvalue weighted by Gasteiger charge is 2.26. The van der Waals surface area contributed by atoms with Crippen LogP contribution >= 0.6 is 0 Å². The number of para-hydroxylation sites is 2. The second kappa shape index (κ2) is 3.91. The summed E-state index contributed by atoms with van der Waals surface area (Å²) >= 11 is 0. The van der Waals surface area contributed by atoms with Gasteiger partial charge in [0.15, 0.2) is 5.58 Å². The van der Waals surface area contributed by atoms with E-state index in [1.807, 2.05) is 24.3 Å². The van der Waals surface area contributed by atoms with Gasteiger partial charge in [-0.05, 0) is 37.4 Å². The highest BCUT2D eigenvalue weighted by Crippen LogP contribution is 2.30. The third-order valence-corrected chi connectivity index (χ3v) is 3.35. The number of hydrogen-bond donors (Lipinski definition) is 1. The second-order valence-corrected chi connectivity index (χ2v) is 4.57. The SMILES string of the molecule is CC1CCCNC1c1nc2ccccc2o1. The van der Waals surface area contributed by atoms with Crippen LogP contribution in [0.25, 0.3) is 11.1 Å². The van der Waals surface area contributed by atoms with Crippen molar-refractivity contribution in [3.05, 3.63) is 30.2 Å². The fourth-order valence-corrected chi connectivity index (χ4v) is 2.40. The Morgan fingerprint density at radius 1 is 1.38 bits per heavy atom. The molecule has 0 saturated carbocycles. The Labute approximate surface area is 94.9 Å². The molecule has 1 N–H and O–H groups in total. The van der Waals surface area contributed by atoms with Crippen molar-refractivity contribution in [2.24, 2.45) is 5.92 Å². The van der Waals surface area contributed by atoms with Gasteiger partial charge in [-0.3, -0.25) is 0 Å². The first-order valence-electron chi connectivity index (χ1n) is 5.93. The van der Waals surface area contributed by atoms with E-state index in [1.54, 1.807) is 0 Å². The third-order valence-electron chi connectivity index (χ3n) is 3.35. The summed E-state index contributed by atoms with van der Waals surface area (Å²) in [5.74, 6) is 1.44. The summed E-state index contributed by atoms with van der Waals surface area (Å²) in [6.07, 6.45) is 2.49. The predicted octanol–water partition coefficient (Wildman–Crippen LogP) is 2.89. The van der Waals surface area contributed by atoms with Gasteiger partial charge in [-0.15, -0.1) is 0 Å². The number of nitrogens with one attached hydrogen (secondary N) is 1. The van der Waals surface area contributed by atoms with E-state index in [-0.39, 0.29) is 6.04 Å². The smallest absolute Gasteiger partial charge is 0.212 e. The highest BCUT2D eigenvalue weighted by molar-refractivity contribution is 5.72. The minimum Gasteiger partial charge on any atom is -0.439 e. The zero-order valence-electron chi connectivity index (χ0n) is 9.44.